The lowest BCUT2D eigenvalue weighted by Crippen LogP contribution is -2.30. The average Bonchev–Trinajstić information content (AvgIpc) is 2.64. The van der Waals surface area contributed by atoms with E-state index in [2.05, 4.69) is 17.0 Å². The van der Waals surface area contributed by atoms with E-state index in [-0.39, 0.29) is 6.23 Å². The van der Waals surface area contributed by atoms with Gasteiger partial charge in [-0.05, 0) is 19.9 Å². The normalized spacial score (nSPS) is 23.7. The quantitative estimate of drug-likeness (QED) is 0.677. The van der Waals surface area contributed by atoms with Crippen molar-refractivity contribution in [2.45, 2.75) is 19.1 Å². The summed E-state index contributed by atoms with van der Waals surface area (Å²) in [5.41, 5.74) is 0. The Kier molecular flexibility index (Phi) is 2.22. The van der Waals surface area contributed by atoms with Crippen molar-refractivity contribution < 1.29 is 4.74 Å². The molecule has 0 N–H and O–H groups in total. The van der Waals surface area contributed by atoms with Crippen LogP contribution in [0.25, 0.3) is 0 Å². The van der Waals surface area contributed by atoms with Crippen molar-refractivity contribution in [3.8, 4) is 5.75 Å². The second kappa shape index (κ2) is 3.38. The van der Waals surface area contributed by atoms with Crippen molar-refractivity contribution in [2.24, 2.45) is 7.05 Å². The Hall–Kier alpha value is -1.03. The molecular weight excluding hydrogens is 166 g/mol. The summed E-state index contributed by atoms with van der Waals surface area (Å²) in [6.45, 7) is 1.13. The number of rotatable bonds is 2. The molecule has 4 heteroatoms. The van der Waals surface area contributed by atoms with Crippen LogP contribution in [0, 0.1) is 0 Å². The zero-order valence-electron chi connectivity index (χ0n) is 8.10. The molecule has 1 unspecified atom stereocenters. The molecule has 4 nitrogen and oxygen atoms in total. The summed E-state index contributed by atoms with van der Waals surface area (Å²) in [5.74, 6) is 0.862. The van der Waals surface area contributed by atoms with Crippen molar-refractivity contribution in [1.29, 1.82) is 0 Å². The van der Waals surface area contributed by atoms with Crippen LogP contribution in [0.2, 0.25) is 0 Å². The molecule has 1 aromatic rings. The number of ether oxygens (including phenoxy) is 1. The van der Waals surface area contributed by atoms with E-state index in [0.29, 0.717) is 0 Å². The summed E-state index contributed by atoms with van der Waals surface area (Å²) in [6, 6.07) is 0. The van der Waals surface area contributed by atoms with Crippen molar-refractivity contribution in [3.05, 3.63) is 12.4 Å². The van der Waals surface area contributed by atoms with Crippen molar-refractivity contribution in [2.75, 3.05) is 13.6 Å². The van der Waals surface area contributed by atoms with Gasteiger partial charge in [-0.2, -0.15) is 5.10 Å². The first-order valence-electron chi connectivity index (χ1n) is 4.61. The first-order valence-corrected chi connectivity index (χ1v) is 4.61. The topological polar surface area (TPSA) is 30.3 Å². The van der Waals surface area contributed by atoms with E-state index in [1.54, 1.807) is 10.9 Å². The maximum atomic E-state index is 5.75. The second-order valence-electron chi connectivity index (χ2n) is 3.55. The molecule has 1 saturated heterocycles. The third-order valence-electron chi connectivity index (χ3n) is 2.41. The summed E-state index contributed by atoms with van der Waals surface area (Å²) in [6.07, 6.45) is 6.23. The molecule has 0 aliphatic carbocycles. The molecule has 0 radical (unpaired) electrons. The maximum absolute atomic E-state index is 5.75. The predicted molar refractivity (Wildman–Crippen MR) is 49.5 cm³/mol. The Morgan fingerprint density at radius 3 is 2.92 bits per heavy atom. The zero-order valence-corrected chi connectivity index (χ0v) is 8.10. The Bertz CT molecular complexity index is 284. The van der Waals surface area contributed by atoms with Gasteiger partial charge in [-0.3, -0.25) is 9.58 Å². The Labute approximate surface area is 78.1 Å². The van der Waals surface area contributed by atoms with E-state index < -0.39 is 0 Å². The van der Waals surface area contributed by atoms with Crippen LogP contribution in [-0.2, 0) is 7.05 Å². The van der Waals surface area contributed by atoms with Gasteiger partial charge < -0.3 is 4.74 Å². The monoisotopic (exact) mass is 181 g/mol. The zero-order chi connectivity index (χ0) is 9.26. The van der Waals surface area contributed by atoms with Crippen molar-refractivity contribution >= 4 is 0 Å². The Morgan fingerprint density at radius 2 is 2.38 bits per heavy atom. The summed E-state index contributed by atoms with van der Waals surface area (Å²) in [5, 5.41) is 4.06. The fraction of sp³-hybridized carbons (Fsp3) is 0.667. The van der Waals surface area contributed by atoms with Gasteiger partial charge in [0.2, 0.25) is 0 Å². The summed E-state index contributed by atoms with van der Waals surface area (Å²) in [7, 11) is 3.99. The first kappa shape index (κ1) is 8.56. The van der Waals surface area contributed by atoms with E-state index >= 15 is 0 Å². The van der Waals surface area contributed by atoms with Crippen LogP contribution in [-0.4, -0.2) is 34.5 Å². The molecule has 0 aromatic carbocycles. The smallest absolute Gasteiger partial charge is 0.159 e. The molecular formula is C9H15N3O. The van der Waals surface area contributed by atoms with Crippen molar-refractivity contribution in [1.82, 2.24) is 14.7 Å². The van der Waals surface area contributed by atoms with E-state index in [1.807, 2.05) is 13.2 Å². The SMILES string of the molecule is CN1CCCC1Oc1cnn(C)c1. The molecule has 72 valence electrons. The highest BCUT2D eigenvalue weighted by molar-refractivity contribution is 5.11. The van der Waals surface area contributed by atoms with E-state index in [9.17, 15) is 0 Å². The van der Waals surface area contributed by atoms with Gasteiger partial charge in [0.05, 0.1) is 12.4 Å². The summed E-state index contributed by atoms with van der Waals surface area (Å²) >= 11 is 0. The van der Waals surface area contributed by atoms with E-state index in [1.165, 1.54) is 6.42 Å². The van der Waals surface area contributed by atoms with Crippen LogP contribution in [0.5, 0.6) is 5.75 Å². The van der Waals surface area contributed by atoms with Crippen LogP contribution in [0.4, 0.5) is 0 Å². The highest BCUT2D eigenvalue weighted by Crippen LogP contribution is 2.19. The van der Waals surface area contributed by atoms with Gasteiger partial charge in [0.15, 0.2) is 12.0 Å². The lowest BCUT2D eigenvalue weighted by atomic mass is 10.4. The molecule has 0 saturated carbocycles. The van der Waals surface area contributed by atoms with Gasteiger partial charge in [0.1, 0.15) is 0 Å². The van der Waals surface area contributed by atoms with Gasteiger partial charge in [0.25, 0.3) is 0 Å². The van der Waals surface area contributed by atoms with Gasteiger partial charge in [-0.15, -0.1) is 0 Å². The number of aromatic nitrogens is 2. The first-order chi connectivity index (χ1) is 6.25. The standard InChI is InChI=1S/C9H15N3O/c1-11-5-3-4-9(11)13-8-6-10-12(2)7-8/h6-7,9H,3-5H2,1-2H3. The molecule has 0 bridgehead atoms. The number of aryl methyl sites for hydroxylation is 1. The lowest BCUT2D eigenvalue weighted by molar-refractivity contribution is 0.0812. The Morgan fingerprint density at radius 1 is 1.54 bits per heavy atom. The van der Waals surface area contributed by atoms with Crippen LogP contribution >= 0.6 is 0 Å². The minimum absolute atomic E-state index is 0.240. The third kappa shape index (κ3) is 1.83. The predicted octanol–water partition coefficient (Wildman–Crippen LogP) is 0.851. The summed E-state index contributed by atoms with van der Waals surface area (Å²) < 4.78 is 7.51. The number of hydrogen-bond acceptors (Lipinski definition) is 3. The van der Waals surface area contributed by atoms with Crippen LogP contribution in [0.1, 0.15) is 12.8 Å². The van der Waals surface area contributed by atoms with Gasteiger partial charge in [-0.25, -0.2) is 0 Å². The maximum Gasteiger partial charge on any atom is 0.159 e. The molecule has 2 rings (SSSR count). The summed E-state index contributed by atoms with van der Waals surface area (Å²) in [4.78, 5) is 2.23. The number of hydrogen-bond donors (Lipinski definition) is 0. The molecule has 13 heavy (non-hydrogen) atoms. The highest BCUT2D eigenvalue weighted by atomic mass is 16.5. The fourth-order valence-electron chi connectivity index (χ4n) is 1.65. The molecule has 1 atom stereocenters. The van der Waals surface area contributed by atoms with Gasteiger partial charge >= 0.3 is 0 Å². The minimum atomic E-state index is 0.240. The van der Waals surface area contributed by atoms with Crippen LogP contribution in [0.3, 0.4) is 0 Å². The number of nitrogens with zero attached hydrogens (tertiary/aromatic N) is 3. The molecule has 1 aliphatic rings. The molecule has 1 fully saturated rings. The van der Waals surface area contributed by atoms with Crippen LogP contribution < -0.4 is 4.74 Å². The minimum Gasteiger partial charge on any atom is -0.472 e. The number of likely N-dealkylation sites (tertiary alicyclic amines) is 1. The molecule has 1 aromatic heterocycles. The van der Waals surface area contributed by atoms with E-state index in [0.717, 1.165) is 18.7 Å². The Balaban J connectivity index is 1.97. The van der Waals surface area contributed by atoms with Gasteiger partial charge in [0, 0.05) is 13.6 Å². The fourth-order valence-corrected chi connectivity index (χ4v) is 1.65. The molecule has 2 heterocycles. The molecule has 1 aliphatic heterocycles. The third-order valence-corrected chi connectivity index (χ3v) is 2.41. The lowest BCUT2D eigenvalue weighted by Gasteiger charge is -2.19. The van der Waals surface area contributed by atoms with E-state index in [4.69, 9.17) is 4.74 Å². The second-order valence-corrected chi connectivity index (χ2v) is 3.55. The highest BCUT2D eigenvalue weighted by Gasteiger charge is 2.22. The van der Waals surface area contributed by atoms with Gasteiger partial charge in [-0.1, -0.05) is 0 Å². The largest absolute Gasteiger partial charge is 0.472 e. The van der Waals surface area contributed by atoms with Crippen LogP contribution in [0.15, 0.2) is 12.4 Å². The molecule has 0 amide bonds. The molecule has 0 spiro atoms. The van der Waals surface area contributed by atoms with Crippen molar-refractivity contribution in [3.63, 3.8) is 0 Å². The average molecular weight is 181 g/mol.